The molecule has 0 saturated carbocycles. The van der Waals surface area contributed by atoms with E-state index in [1.165, 1.54) is 116 Å². The summed E-state index contributed by atoms with van der Waals surface area (Å²) in [6, 6.07) is 0. The Morgan fingerprint density at radius 2 is 0.710 bits per heavy atom. The summed E-state index contributed by atoms with van der Waals surface area (Å²) in [7, 11) is 0. The molecule has 0 amide bonds. The fourth-order valence-electron chi connectivity index (χ4n) is 6.88. The van der Waals surface area contributed by atoms with Crippen LogP contribution >= 0.6 is 0 Å². The highest BCUT2D eigenvalue weighted by molar-refractivity contribution is 5.71. The highest BCUT2D eigenvalue weighted by atomic mass is 16.6. The largest absolute Gasteiger partial charge is 0.462 e. The van der Waals surface area contributed by atoms with Crippen molar-refractivity contribution in [2.45, 2.75) is 239 Å². The topological polar surface area (TPSA) is 78.9 Å². The van der Waals surface area contributed by atoms with E-state index in [0.717, 1.165) is 70.6 Å². The second-order valence-electron chi connectivity index (χ2n) is 16.8. The molecule has 0 aromatic rings. The van der Waals surface area contributed by atoms with Crippen molar-refractivity contribution in [2.24, 2.45) is 0 Å². The lowest BCUT2D eigenvalue weighted by atomic mass is 10.0. The van der Waals surface area contributed by atoms with Gasteiger partial charge in [-0.25, -0.2) is 0 Å². The monoisotopic (exact) mass is 863 g/mol. The predicted molar refractivity (Wildman–Crippen MR) is 265 cm³/mol. The summed E-state index contributed by atoms with van der Waals surface area (Å²) in [4.78, 5) is 37.9. The standard InChI is InChI=1S/C56H94O6/c1-4-7-10-13-16-19-22-25-27-28-29-32-34-37-40-43-46-49-55(58)61-52-53(51-60-54(57)48-45-42-39-36-33-30-24-21-18-15-12-9-6-3)62-56(59)50-47-44-41-38-35-31-26-23-20-17-14-11-8-5-2/h9,12,15,18,21,24-25,27,29-30,32-33,37,40,53H,4-8,10-11,13-14,16-17,19-20,22-23,26,28,31,34-36,38-39,41-52H2,1-3H3/b12-9+,18-15+,24-21+,27-25+,32-29+,33-30+,40-37+. The van der Waals surface area contributed by atoms with Crippen LogP contribution in [0.3, 0.4) is 0 Å². The maximum absolute atomic E-state index is 12.8. The molecule has 0 aliphatic carbocycles. The van der Waals surface area contributed by atoms with E-state index in [1.54, 1.807) is 0 Å². The van der Waals surface area contributed by atoms with Crippen molar-refractivity contribution in [2.75, 3.05) is 13.2 Å². The smallest absolute Gasteiger partial charge is 0.306 e. The zero-order valence-corrected chi connectivity index (χ0v) is 40.4. The van der Waals surface area contributed by atoms with Gasteiger partial charge in [0.05, 0.1) is 0 Å². The third kappa shape index (κ3) is 47.6. The average molecular weight is 863 g/mol. The minimum absolute atomic E-state index is 0.112. The Morgan fingerprint density at radius 1 is 0.355 bits per heavy atom. The van der Waals surface area contributed by atoms with Crippen molar-refractivity contribution in [1.82, 2.24) is 0 Å². The number of allylic oxidation sites excluding steroid dienone is 14. The highest BCUT2D eigenvalue weighted by Crippen LogP contribution is 2.15. The molecule has 0 bridgehead atoms. The molecule has 0 fully saturated rings. The molecule has 0 rings (SSSR count). The van der Waals surface area contributed by atoms with Crippen molar-refractivity contribution in [1.29, 1.82) is 0 Å². The van der Waals surface area contributed by atoms with Crippen LogP contribution in [0.5, 0.6) is 0 Å². The lowest BCUT2D eigenvalue weighted by molar-refractivity contribution is -0.167. The first kappa shape index (κ1) is 58.6. The molecule has 0 N–H and O–H groups in total. The molecular weight excluding hydrogens is 769 g/mol. The number of esters is 3. The molecule has 1 atom stereocenters. The maximum atomic E-state index is 12.8. The van der Waals surface area contributed by atoms with Crippen LogP contribution in [0.2, 0.25) is 0 Å². The normalized spacial score (nSPS) is 12.8. The van der Waals surface area contributed by atoms with Gasteiger partial charge in [0.2, 0.25) is 0 Å². The zero-order valence-electron chi connectivity index (χ0n) is 40.4. The Hall–Kier alpha value is -3.41. The first-order valence-corrected chi connectivity index (χ1v) is 25.6. The van der Waals surface area contributed by atoms with Crippen LogP contribution in [0.1, 0.15) is 233 Å². The third-order valence-corrected chi connectivity index (χ3v) is 10.7. The van der Waals surface area contributed by atoms with Gasteiger partial charge in [-0.15, -0.1) is 0 Å². The second-order valence-corrected chi connectivity index (χ2v) is 16.8. The fourth-order valence-corrected chi connectivity index (χ4v) is 6.88. The number of hydrogen-bond donors (Lipinski definition) is 0. The van der Waals surface area contributed by atoms with Crippen LogP contribution in [-0.2, 0) is 28.6 Å². The molecule has 6 heteroatoms. The molecular formula is C56H94O6. The molecule has 0 aliphatic heterocycles. The minimum atomic E-state index is -0.810. The van der Waals surface area contributed by atoms with Crippen LogP contribution in [-0.4, -0.2) is 37.2 Å². The van der Waals surface area contributed by atoms with Gasteiger partial charge in [-0.3, -0.25) is 14.4 Å². The Labute approximate surface area is 382 Å². The Morgan fingerprint density at radius 3 is 1.21 bits per heavy atom. The maximum Gasteiger partial charge on any atom is 0.306 e. The van der Waals surface area contributed by atoms with Crippen molar-refractivity contribution in [3.63, 3.8) is 0 Å². The quantitative estimate of drug-likeness (QED) is 0.0199. The molecule has 0 aliphatic rings. The summed E-state index contributed by atoms with van der Waals surface area (Å²) in [6.07, 6.45) is 64.3. The second kappa shape index (κ2) is 50.2. The molecule has 62 heavy (non-hydrogen) atoms. The van der Waals surface area contributed by atoms with Gasteiger partial charge >= 0.3 is 17.9 Å². The van der Waals surface area contributed by atoms with Gasteiger partial charge in [-0.2, -0.15) is 0 Å². The van der Waals surface area contributed by atoms with Gasteiger partial charge in [-0.05, 0) is 70.6 Å². The zero-order chi connectivity index (χ0) is 45.1. The van der Waals surface area contributed by atoms with Crippen LogP contribution in [0.15, 0.2) is 85.1 Å². The van der Waals surface area contributed by atoms with Crippen molar-refractivity contribution >= 4 is 17.9 Å². The van der Waals surface area contributed by atoms with E-state index in [-0.39, 0.29) is 37.5 Å². The number of hydrogen-bond acceptors (Lipinski definition) is 6. The van der Waals surface area contributed by atoms with Gasteiger partial charge in [0.15, 0.2) is 6.10 Å². The van der Waals surface area contributed by atoms with E-state index < -0.39 is 6.10 Å². The summed E-state index contributed by atoms with van der Waals surface area (Å²) >= 11 is 0. The highest BCUT2D eigenvalue weighted by Gasteiger charge is 2.19. The van der Waals surface area contributed by atoms with Gasteiger partial charge in [-0.1, -0.05) is 228 Å². The lowest BCUT2D eigenvalue weighted by Gasteiger charge is -2.18. The average Bonchev–Trinajstić information content (AvgIpc) is 3.27. The van der Waals surface area contributed by atoms with Gasteiger partial charge < -0.3 is 14.2 Å². The van der Waals surface area contributed by atoms with E-state index in [9.17, 15) is 14.4 Å². The third-order valence-electron chi connectivity index (χ3n) is 10.7. The van der Waals surface area contributed by atoms with E-state index in [2.05, 4.69) is 69.4 Å². The summed E-state index contributed by atoms with van der Waals surface area (Å²) in [6.45, 7) is 6.41. The Kier molecular flexibility index (Phi) is 47.5. The number of unbranched alkanes of at least 4 members (excludes halogenated alkanes) is 23. The molecule has 354 valence electrons. The van der Waals surface area contributed by atoms with Crippen LogP contribution in [0.25, 0.3) is 0 Å². The van der Waals surface area contributed by atoms with Crippen molar-refractivity contribution in [3.05, 3.63) is 85.1 Å². The number of carbonyl (C=O) groups is 3. The van der Waals surface area contributed by atoms with Crippen LogP contribution < -0.4 is 0 Å². The molecule has 0 aromatic heterocycles. The fraction of sp³-hybridized carbons (Fsp3) is 0.696. The molecule has 6 nitrogen and oxygen atoms in total. The number of rotatable bonds is 45. The SMILES string of the molecule is CC/C=C/C=C/C=C/C=C/CCCCCC(=O)OCC(COC(=O)CCC/C=C/C/C=C/C/C=C/CCCCCCCC)OC(=O)CCCCCCCCCCCCCCCC. The summed E-state index contributed by atoms with van der Waals surface area (Å²) in [5.74, 6) is -1.000. The summed E-state index contributed by atoms with van der Waals surface area (Å²) in [5.41, 5.74) is 0. The predicted octanol–water partition coefficient (Wildman–Crippen LogP) is 16.8. The minimum Gasteiger partial charge on any atom is -0.462 e. The first-order valence-electron chi connectivity index (χ1n) is 25.6. The van der Waals surface area contributed by atoms with E-state index in [4.69, 9.17) is 14.2 Å². The van der Waals surface area contributed by atoms with Crippen molar-refractivity contribution < 1.29 is 28.6 Å². The van der Waals surface area contributed by atoms with Crippen LogP contribution in [0, 0.1) is 0 Å². The van der Waals surface area contributed by atoms with E-state index in [1.807, 2.05) is 36.5 Å². The van der Waals surface area contributed by atoms with Crippen LogP contribution in [0.4, 0.5) is 0 Å². The number of ether oxygens (including phenoxy) is 3. The molecule has 0 aromatic carbocycles. The lowest BCUT2D eigenvalue weighted by Crippen LogP contribution is -2.30. The summed E-state index contributed by atoms with van der Waals surface area (Å²) in [5, 5.41) is 0. The molecule has 1 unspecified atom stereocenters. The van der Waals surface area contributed by atoms with E-state index >= 15 is 0 Å². The Bertz CT molecular complexity index is 1220. The molecule has 0 saturated heterocycles. The first-order chi connectivity index (χ1) is 30.5. The van der Waals surface area contributed by atoms with Gasteiger partial charge in [0.1, 0.15) is 13.2 Å². The van der Waals surface area contributed by atoms with Gasteiger partial charge in [0, 0.05) is 19.3 Å². The van der Waals surface area contributed by atoms with Gasteiger partial charge in [0.25, 0.3) is 0 Å². The Balaban J connectivity index is 4.50. The van der Waals surface area contributed by atoms with E-state index in [0.29, 0.717) is 19.3 Å². The molecule has 0 heterocycles. The summed E-state index contributed by atoms with van der Waals surface area (Å²) < 4.78 is 16.7. The molecule has 0 spiro atoms. The van der Waals surface area contributed by atoms with Crippen molar-refractivity contribution in [3.8, 4) is 0 Å². The number of carbonyl (C=O) groups excluding carboxylic acids is 3. The molecule has 0 radical (unpaired) electrons.